The Morgan fingerprint density at radius 1 is 1.08 bits per heavy atom. The third kappa shape index (κ3) is 5.94. The van der Waals surface area contributed by atoms with E-state index in [2.05, 4.69) is 21.0 Å². The predicted molar refractivity (Wildman–Crippen MR) is 156 cm³/mol. The predicted octanol–water partition coefficient (Wildman–Crippen LogP) is 7.72. The molecule has 0 unspecified atom stereocenters. The number of fused-ring (bicyclic) bond motifs is 1. The van der Waals surface area contributed by atoms with Crippen LogP contribution in [0.5, 0.6) is 11.5 Å². The van der Waals surface area contributed by atoms with Crippen LogP contribution in [0.4, 0.5) is 0 Å². The summed E-state index contributed by atoms with van der Waals surface area (Å²) in [4.78, 5) is 18.4. The minimum Gasteiger partial charge on any atom is -0.490 e. The van der Waals surface area contributed by atoms with Crippen LogP contribution in [0.1, 0.15) is 61.9 Å². The fourth-order valence-electron chi connectivity index (χ4n) is 4.80. The van der Waals surface area contributed by atoms with E-state index in [1.165, 1.54) is 11.1 Å². The van der Waals surface area contributed by atoms with Crippen LogP contribution in [-0.4, -0.2) is 22.5 Å². The summed E-state index contributed by atoms with van der Waals surface area (Å²) in [5.41, 5.74) is 2.33. The van der Waals surface area contributed by atoms with Gasteiger partial charge >= 0.3 is 0 Å². The smallest absolute Gasteiger partial charge is 0.282 e. The lowest BCUT2D eigenvalue weighted by atomic mass is 9.88. The van der Waals surface area contributed by atoms with Crippen LogP contribution in [0.3, 0.4) is 0 Å². The van der Waals surface area contributed by atoms with Crippen molar-refractivity contribution in [3.8, 4) is 11.5 Å². The van der Waals surface area contributed by atoms with Crippen LogP contribution in [0.15, 0.2) is 75.0 Å². The monoisotopic (exact) mass is 593 g/mol. The number of ether oxygens (including phenoxy) is 2. The number of nitrogens with zero attached hydrogens (tertiary/aromatic N) is 3. The molecule has 1 fully saturated rings. The molecule has 1 aromatic heterocycles. The molecule has 1 aliphatic carbocycles. The zero-order valence-corrected chi connectivity index (χ0v) is 23.5. The Labute approximate surface area is 235 Å². The first kappa shape index (κ1) is 26.4. The highest BCUT2D eigenvalue weighted by Crippen LogP contribution is 2.37. The van der Waals surface area contributed by atoms with Crippen LogP contribution in [-0.2, 0) is 6.61 Å². The van der Waals surface area contributed by atoms with E-state index < -0.39 is 0 Å². The molecule has 8 heteroatoms. The summed E-state index contributed by atoms with van der Waals surface area (Å²) in [5.74, 6) is 2.14. The lowest BCUT2D eigenvalue weighted by Gasteiger charge is -2.22. The summed E-state index contributed by atoms with van der Waals surface area (Å²) >= 11 is 9.63. The van der Waals surface area contributed by atoms with E-state index >= 15 is 0 Å². The fourth-order valence-corrected chi connectivity index (χ4v) is 5.50. The van der Waals surface area contributed by atoms with Crippen LogP contribution >= 0.6 is 27.5 Å². The van der Waals surface area contributed by atoms with Gasteiger partial charge in [0.2, 0.25) is 0 Å². The average molecular weight is 595 g/mol. The van der Waals surface area contributed by atoms with E-state index in [1.807, 2.05) is 61.5 Å². The average Bonchev–Trinajstić information content (AvgIpc) is 2.93. The molecule has 1 heterocycles. The normalized spacial score (nSPS) is 14.3. The summed E-state index contributed by atoms with van der Waals surface area (Å²) in [7, 11) is 0. The second-order valence-electron chi connectivity index (χ2n) is 9.36. The zero-order chi connectivity index (χ0) is 26.5. The molecule has 0 saturated heterocycles. The van der Waals surface area contributed by atoms with Gasteiger partial charge in [0.25, 0.3) is 5.56 Å². The third-order valence-electron chi connectivity index (χ3n) is 6.70. The topological polar surface area (TPSA) is 65.7 Å². The fraction of sp³-hybridized carbons (Fsp3) is 0.300. The molecule has 196 valence electrons. The molecule has 1 aliphatic rings. The first-order valence-electron chi connectivity index (χ1n) is 12.9. The molecule has 1 saturated carbocycles. The highest BCUT2D eigenvalue weighted by Gasteiger charge is 2.22. The van der Waals surface area contributed by atoms with E-state index in [9.17, 15) is 4.79 Å². The van der Waals surface area contributed by atoms with Crippen LogP contribution in [0, 0.1) is 0 Å². The number of rotatable bonds is 8. The zero-order valence-electron chi connectivity index (χ0n) is 21.2. The first-order valence-corrected chi connectivity index (χ1v) is 14.1. The summed E-state index contributed by atoms with van der Waals surface area (Å²) in [6.45, 7) is 2.77. The highest BCUT2D eigenvalue weighted by molar-refractivity contribution is 9.10. The summed E-state index contributed by atoms with van der Waals surface area (Å²) < 4.78 is 14.2. The maximum absolute atomic E-state index is 13.5. The Bertz CT molecular complexity index is 1510. The largest absolute Gasteiger partial charge is 0.490 e. The molecular weight excluding hydrogens is 566 g/mol. The second-order valence-corrected chi connectivity index (χ2v) is 10.7. The molecular formula is C30H29BrClN3O3. The van der Waals surface area contributed by atoms with Crippen molar-refractivity contribution >= 4 is 44.6 Å². The lowest BCUT2D eigenvalue weighted by Crippen LogP contribution is -2.25. The molecule has 4 aromatic rings. The lowest BCUT2D eigenvalue weighted by molar-refractivity contribution is 0.267. The van der Waals surface area contributed by atoms with Gasteiger partial charge in [-0.3, -0.25) is 4.79 Å². The molecule has 5 rings (SSSR count). The summed E-state index contributed by atoms with van der Waals surface area (Å²) in [6, 6.07) is 18.8. The maximum atomic E-state index is 13.5. The number of benzene rings is 3. The molecule has 0 radical (unpaired) electrons. The molecule has 38 heavy (non-hydrogen) atoms. The second kappa shape index (κ2) is 12.1. The van der Waals surface area contributed by atoms with Gasteiger partial charge in [0.05, 0.1) is 28.2 Å². The van der Waals surface area contributed by atoms with Crippen LogP contribution in [0.25, 0.3) is 10.9 Å². The Kier molecular flexibility index (Phi) is 8.45. The number of para-hydroxylation sites is 1. The minimum absolute atomic E-state index is 0.153. The summed E-state index contributed by atoms with van der Waals surface area (Å²) in [6.07, 6.45) is 7.21. The van der Waals surface area contributed by atoms with Crippen LogP contribution in [0.2, 0.25) is 5.02 Å². The molecule has 0 bridgehead atoms. The Morgan fingerprint density at radius 3 is 2.61 bits per heavy atom. The quantitative estimate of drug-likeness (QED) is 0.196. The van der Waals surface area contributed by atoms with E-state index in [1.54, 1.807) is 12.3 Å². The molecule has 3 aromatic carbocycles. The Balaban J connectivity index is 1.48. The van der Waals surface area contributed by atoms with Crippen molar-refractivity contribution in [2.24, 2.45) is 5.10 Å². The maximum Gasteiger partial charge on any atom is 0.282 e. The van der Waals surface area contributed by atoms with Crippen LogP contribution < -0.4 is 15.0 Å². The Morgan fingerprint density at radius 2 is 1.84 bits per heavy atom. The number of aromatic nitrogens is 2. The van der Waals surface area contributed by atoms with Crippen molar-refractivity contribution in [1.29, 1.82) is 0 Å². The molecule has 0 atom stereocenters. The van der Waals surface area contributed by atoms with Gasteiger partial charge in [-0.05, 0) is 83.2 Å². The standard InChI is InChI=1S/C30H29BrClN3O3/c1-2-37-27-17-21(16-25(31)28(27)38-19-20-12-14-23(32)15-13-20)18-33-35-29(22-8-4-3-5-9-22)34-26-11-7-6-10-24(26)30(35)36/h6-7,10-18,22H,2-5,8-9,19H2,1H3. The number of hydrogen-bond donors (Lipinski definition) is 0. The SMILES string of the molecule is CCOc1cc(C=Nn2c(C3CCCCC3)nc3ccccc3c2=O)cc(Br)c1OCc1ccc(Cl)cc1. The van der Waals surface area contributed by atoms with Gasteiger partial charge in [-0.2, -0.15) is 9.78 Å². The van der Waals surface area contributed by atoms with Crippen molar-refractivity contribution < 1.29 is 9.47 Å². The van der Waals surface area contributed by atoms with Crippen molar-refractivity contribution in [2.45, 2.75) is 51.6 Å². The molecule has 6 nitrogen and oxygen atoms in total. The first-order chi connectivity index (χ1) is 18.5. The Hall–Kier alpha value is -3.16. The van der Waals surface area contributed by atoms with Gasteiger partial charge in [0.1, 0.15) is 12.4 Å². The van der Waals surface area contributed by atoms with Gasteiger partial charge in [0, 0.05) is 10.9 Å². The van der Waals surface area contributed by atoms with Gasteiger partial charge in [-0.1, -0.05) is 55.1 Å². The third-order valence-corrected chi connectivity index (χ3v) is 7.54. The van der Waals surface area contributed by atoms with E-state index in [-0.39, 0.29) is 11.5 Å². The van der Waals surface area contributed by atoms with Gasteiger partial charge in [0.15, 0.2) is 11.5 Å². The van der Waals surface area contributed by atoms with Crippen molar-refractivity contribution in [3.05, 3.63) is 97.5 Å². The van der Waals surface area contributed by atoms with Gasteiger partial charge < -0.3 is 9.47 Å². The molecule has 0 amide bonds. The van der Waals surface area contributed by atoms with Crippen molar-refractivity contribution in [3.63, 3.8) is 0 Å². The van der Waals surface area contributed by atoms with E-state index in [0.29, 0.717) is 40.6 Å². The van der Waals surface area contributed by atoms with E-state index in [0.717, 1.165) is 47.1 Å². The minimum atomic E-state index is -0.153. The van der Waals surface area contributed by atoms with E-state index in [4.69, 9.17) is 26.1 Å². The van der Waals surface area contributed by atoms with Gasteiger partial charge in [-0.25, -0.2) is 4.98 Å². The number of hydrogen-bond acceptors (Lipinski definition) is 5. The van der Waals surface area contributed by atoms with Crippen molar-refractivity contribution in [2.75, 3.05) is 6.61 Å². The molecule has 0 spiro atoms. The number of halogens is 2. The molecule has 0 N–H and O–H groups in total. The van der Waals surface area contributed by atoms with Gasteiger partial charge in [-0.15, -0.1) is 0 Å². The van der Waals surface area contributed by atoms with Crippen molar-refractivity contribution in [1.82, 2.24) is 9.66 Å². The summed E-state index contributed by atoms with van der Waals surface area (Å²) in [5, 5.41) is 5.90. The highest BCUT2D eigenvalue weighted by atomic mass is 79.9. The molecule has 0 aliphatic heterocycles.